The molecule has 2 fully saturated rings. The number of β-amino-alcohol motifs (C(OH)–C–C–N with tert-alkyl or cyclic N) is 1. The summed E-state index contributed by atoms with van der Waals surface area (Å²) in [4.78, 5) is 33.6. The molecule has 2 rings (SSSR count). The highest BCUT2D eigenvalue weighted by molar-refractivity contribution is 6.03. The second kappa shape index (κ2) is 4.63. The maximum Gasteiger partial charge on any atom is 0.330 e. The number of aliphatic hydroxyl groups excluding tert-OH is 1. The van der Waals surface area contributed by atoms with Crippen LogP contribution in [0.15, 0.2) is 0 Å². The molecule has 0 amide bonds. The highest BCUT2D eigenvalue weighted by atomic mass is 16.4. The van der Waals surface area contributed by atoms with Crippen LogP contribution in [0.3, 0.4) is 0 Å². The molecule has 8 nitrogen and oxygen atoms in total. The molecule has 3 N–H and O–H groups in total. The predicted molar refractivity (Wildman–Crippen MR) is 56.5 cm³/mol. The van der Waals surface area contributed by atoms with Gasteiger partial charge in [-0.3, -0.25) is 9.59 Å². The van der Waals surface area contributed by atoms with Gasteiger partial charge in [0.05, 0.1) is 6.10 Å². The SMILES string of the molecule is O=C(O)[C@@H]1C(=O)CCN1N1C[C@H](O)C[C@H]1C(=O)O. The molecular weight excluding hydrogens is 244 g/mol. The second-order valence-corrected chi connectivity index (χ2v) is 4.49. The fraction of sp³-hybridized carbons (Fsp3) is 0.700. The summed E-state index contributed by atoms with van der Waals surface area (Å²) >= 11 is 0. The molecule has 0 radical (unpaired) electrons. The first-order chi connectivity index (χ1) is 8.41. The van der Waals surface area contributed by atoms with Gasteiger partial charge in [0.15, 0.2) is 11.8 Å². The molecular formula is C10H14N2O6. The number of hydrogen-bond acceptors (Lipinski definition) is 6. The molecule has 100 valence electrons. The van der Waals surface area contributed by atoms with Crippen LogP contribution < -0.4 is 0 Å². The van der Waals surface area contributed by atoms with E-state index in [1.807, 2.05) is 0 Å². The number of hydrogen-bond donors (Lipinski definition) is 3. The zero-order valence-electron chi connectivity index (χ0n) is 9.52. The van der Waals surface area contributed by atoms with E-state index < -0.39 is 35.9 Å². The normalized spacial score (nSPS) is 34.1. The van der Waals surface area contributed by atoms with Crippen LogP contribution in [-0.4, -0.2) is 74.3 Å². The van der Waals surface area contributed by atoms with Gasteiger partial charge in [-0.2, -0.15) is 0 Å². The molecule has 3 atom stereocenters. The summed E-state index contributed by atoms with van der Waals surface area (Å²) in [7, 11) is 0. The average Bonchev–Trinajstić information content (AvgIpc) is 2.81. The van der Waals surface area contributed by atoms with Crippen LogP contribution in [0, 0.1) is 0 Å². The molecule has 2 aliphatic heterocycles. The molecule has 2 saturated heterocycles. The molecule has 8 heteroatoms. The number of ketones is 1. The van der Waals surface area contributed by atoms with Crippen LogP contribution in [0.4, 0.5) is 0 Å². The molecule has 0 saturated carbocycles. The maximum absolute atomic E-state index is 11.5. The smallest absolute Gasteiger partial charge is 0.330 e. The lowest BCUT2D eigenvalue weighted by Crippen LogP contribution is -2.54. The minimum absolute atomic E-state index is 0.0341. The zero-order valence-corrected chi connectivity index (χ0v) is 9.52. The first-order valence-electron chi connectivity index (χ1n) is 5.61. The summed E-state index contributed by atoms with van der Waals surface area (Å²) in [5.74, 6) is -2.86. The van der Waals surface area contributed by atoms with E-state index in [2.05, 4.69) is 0 Å². The van der Waals surface area contributed by atoms with E-state index in [4.69, 9.17) is 10.2 Å². The largest absolute Gasteiger partial charge is 0.480 e. The molecule has 18 heavy (non-hydrogen) atoms. The number of Topliss-reactive ketones (excluding diaryl/α,β-unsaturated/α-hetero) is 1. The topological polar surface area (TPSA) is 118 Å². The summed E-state index contributed by atoms with van der Waals surface area (Å²) < 4.78 is 0. The van der Waals surface area contributed by atoms with Crippen LogP contribution in [0.5, 0.6) is 0 Å². The molecule has 0 unspecified atom stereocenters. The van der Waals surface area contributed by atoms with Gasteiger partial charge in [-0.25, -0.2) is 14.8 Å². The Bertz CT molecular complexity index is 398. The van der Waals surface area contributed by atoms with Crippen molar-refractivity contribution in [3.05, 3.63) is 0 Å². The van der Waals surface area contributed by atoms with Crippen molar-refractivity contribution >= 4 is 17.7 Å². The summed E-state index contributed by atoms with van der Waals surface area (Å²) in [5.41, 5.74) is 0. The van der Waals surface area contributed by atoms with Crippen LogP contribution in [-0.2, 0) is 14.4 Å². The van der Waals surface area contributed by atoms with E-state index in [0.29, 0.717) is 0 Å². The van der Waals surface area contributed by atoms with Crippen molar-refractivity contribution in [1.82, 2.24) is 10.0 Å². The minimum Gasteiger partial charge on any atom is -0.480 e. The highest BCUT2D eigenvalue weighted by Crippen LogP contribution is 2.26. The lowest BCUT2D eigenvalue weighted by Gasteiger charge is -2.32. The number of rotatable bonds is 3. The van der Waals surface area contributed by atoms with Crippen molar-refractivity contribution < 1.29 is 29.7 Å². The van der Waals surface area contributed by atoms with E-state index in [0.717, 1.165) is 0 Å². The van der Waals surface area contributed by atoms with Gasteiger partial charge in [0, 0.05) is 25.9 Å². The minimum atomic E-state index is -1.34. The number of carboxylic acids is 2. The van der Waals surface area contributed by atoms with Gasteiger partial charge in [0.2, 0.25) is 0 Å². The summed E-state index contributed by atoms with van der Waals surface area (Å²) in [5, 5.41) is 30.1. The Labute approximate surface area is 102 Å². The van der Waals surface area contributed by atoms with Crippen molar-refractivity contribution in [3.8, 4) is 0 Å². The molecule has 2 aliphatic rings. The Balaban J connectivity index is 2.22. The second-order valence-electron chi connectivity index (χ2n) is 4.49. The number of aliphatic hydroxyl groups is 1. The Kier molecular flexibility index (Phi) is 3.33. The van der Waals surface area contributed by atoms with E-state index >= 15 is 0 Å². The Hall–Kier alpha value is -1.51. The van der Waals surface area contributed by atoms with E-state index in [1.54, 1.807) is 0 Å². The molecule has 0 aromatic heterocycles. The third kappa shape index (κ3) is 2.09. The van der Waals surface area contributed by atoms with E-state index in [1.165, 1.54) is 10.0 Å². The van der Waals surface area contributed by atoms with Crippen molar-refractivity contribution in [2.45, 2.75) is 31.0 Å². The summed E-state index contributed by atoms with van der Waals surface area (Å²) in [6.07, 6.45) is -0.710. The molecule has 0 aromatic rings. The standard InChI is InChI=1S/C10H14N2O6/c13-5-3-6(9(15)16)12(4-5)11-2-1-7(14)8(11)10(17)18/h5-6,8,13H,1-4H2,(H,15,16)(H,17,18)/t5-,6+,8+/m1/s1. The van der Waals surface area contributed by atoms with Gasteiger partial charge in [-0.05, 0) is 0 Å². The first-order valence-corrected chi connectivity index (χ1v) is 5.61. The Morgan fingerprint density at radius 2 is 1.83 bits per heavy atom. The van der Waals surface area contributed by atoms with E-state index in [9.17, 15) is 19.5 Å². The number of carboxylic acid groups (broad SMARTS) is 2. The Morgan fingerprint density at radius 1 is 1.17 bits per heavy atom. The van der Waals surface area contributed by atoms with Gasteiger partial charge in [-0.1, -0.05) is 0 Å². The maximum atomic E-state index is 11.5. The van der Waals surface area contributed by atoms with Crippen molar-refractivity contribution in [1.29, 1.82) is 0 Å². The van der Waals surface area contributed by atoms with E-state index in [-0.39, 0.29) is 25.9 Å². The Morgan fingerprint density at radius 3 is 2.39 bits per heavy atom. The number of nitrogens with zero attached hydrogens (tertiary/aromatic N) is 2. The van der Waals surface area contributed by atoms with Gasteiger partial charge < -0.3 is 15.3 Å². The van der Waals surface area contributed by atoms with Crippen LogP contribution >= 0.6 is 0 Å². The van der Waals surface area contributed by atoms with Crippen molar-refractivity contribution in [2.24, 2.45) is 0 Å². The number of aliphatic carboxylic acids is 2. The van der Waals surface area contributed by atoms with Crippen LogP contribution in [0.2, 0.25) is 0 Å². The monoisotopic (exact) mass is 258 g/mol. The van der Waals surface area contributed by atoms with Crippen molar-refractivity contribution in [3.63, 3.8) is 0 Å². The zero-order chi connectivity index (χ0) is 13.4. The molecule has 2 heterocycles. The quantitative estimate of drug-likeness (QED) is 0.505. The molecule has 0 aliphatic carbocycles. The summed E-state index contributed by atoms with van der Waals surface area (Å²) in [6.45, 7) is 0.209. The van der Waals surface area contributed by atoms with Gasteiger partial charge in [-0.15, -0.1) is 0 Å². The number of carbonyl (C=O) groups is 3. The van der Waals surface area contributed by atoms with Gasteiger partial charge >= 0.3 is 11.9 Å². The highest BCUT2D eigenvalue weighted by Gasteiger charge is 2.47. The molecule has 0 spiro atoms. The molecule has 0 bridgehead atoms. The fourth-order valence-electron chi connectivity index (χ4n) is 2.51. The van der Waals surface area contributed by atoms with Gasteiger partial charge in [0.1, 0.15) is 6.04 Å². The predicted octanol–water partition coefficient (Wildman–Crippen LogP) is -1.85. The number of hydrazine groups is 1. The van der Waals surface area contributed by atoms with Crippen LogP contribution in [0.25, 0.3) is 0 Å². The fourth-order valence-corrected chi connectivity index (χ4v) is 2.51. The number of carbonyl (C=O) groups excluding carboxylic acids is 1. The van der Waals surface area contributed by atoms with Crippen LogP contribution in [0.1, 0.15) is 12.8 Å². The average molecular weight is 258 g/mol. The third-order valence-electron chi connectivity index (χ3n) is 3.29. The lowest BCUT2D eigenvalue weighted by atomic mass is 10.2. The third-order valence-corrected chi connectivity index (χ3v) is 3.29. The first kappa shape index (κ1) is 12.9. The lowest BCUT2D eigenvalue weighted by molar-refractivity contribution is -0.162. The molecule has 0 aromatic carbocycles. The summed E-state index contributed by atoms with van der Waals surface area (Å²) in [6, 6.07) is -2.31. The van der Waals surface area contributed by atoms with Gasteiger partial charge in [0.25, 0.3) is 0 Å². The van der Waals surface area contributed by atoms with Crippen molar-refractivity contribution in [2.75, 3.05) is 13.1 Å².